The van der Waals surface area contributed by atoms with Gasteiger partial charge in [-0.2, -0.15) is 0 Å². The number of pyridine rings is 1. The van der Waals surface area contributed by atoms with Gasteiger partial charge in [-0.3, -0.25) is 9.78 Å². The van der Waals surface area contributed by atoms with Gasteiger partial charge in [0.05, 0.1) is 0 Å². The van der Waals surface area contributed by atoms with Crippen LogP contribution in [0.2, 0.25) is 0 Å². The van der Waals surface area contributed by atoms with E-state index in [1.165, 1.54) is 11.1 Å². The van der Waals surface area contributed by atoms with Crippen LogP contribution in [0.4, 0.5) is 0 Å². The van der Waals surface area contributed by atoms with Gasteiger partial charge >= 0.3 is 0 Å². The third-order valence-corrected chi connectivity index (χ3v) is 4.70. The van der Waals surface area contributed by atoms with Crippen molar-refractivity contribution in [1.29, 1.82) is 0 Å². The average molecular weight is 310 g/mol. The minimum atomic E-state index is -0.0493. The van der Waals surface area contributed by atoms with E-state index < -0.39 is 0 Å². The Hall–Kier alpha value is -2.20. The van der Waals surface area contributed by atoms with E-state index >= 15 is 0 Å². The third-order valence-electron chi connectivity index (χ3n) is 4.70. The summed E-state index contributed by atoms with van der Waals surface area (Å²) in [5, 5.41) is 3.11. The number of ether oxygens (including phenoxy) is 1. The molecule has 120 valence electrons. The fraction of sp³-hybridized carbons (Fsp3) is 0.368. The van der Waals surface area contributed by atoms with Crippen LogP contribution in [-0.2, 0) is 10.2 Å². The van der Waals surface area contributed by atoms with Crippen LogP contribution in [-0.4, -0.2) is 30.6 Å². The number of nitrogens with zero attached hydrogens (tertiary/aromatic N) is 1. The molecule has 1 N–H and O–H groups in total. The maximum absolute atomic E-state index is 12.4. The summed E-state index contributed by atoms with van der Waals surface area (Å²) in [5.74, 6) is -0.0492. The van der Waals surface area contributed by atoms with Crippen molar-refractivity contribution >= 4 is 5.91 Å². The van der Waals surface area contributed by atoms with E-state index in [-0.39, 0.29) is 11.3 Å². The fourth-order valence-corrected chi connectivity index (χ4v) is 3.33. The molecule has 4 heteroatoms. The van der Waals surface area contributed by atoms with Crippen LogP contribution in [0.15, 0.2) is 48.8 Å². The lowest BCUT2D eigenvalue weighted by molar-refractivity contribution is 0.0485. The van der Waals surface area contributed by atoms with Crippen molar-refractivity contribution < 1.29 is 9.53 Å². The number of hydrogen-bond donors (Lipinski definition) is 1. The molecule has 0 aliphatic carbocycles. The van der Waals surface area contributed by atoms with Gasteiger partial charge in [0.25, 0.3) is 5.91 Å². The van der Waals surface area contributed by atoms with Crippen LogP contribution in [0, 0.1) is 6.92 Å². The number of aryl methyl sites for hydroxylation is 1. The van der Waals surface area contributed by atoms with Gasteiger partial charge in [-0.05, 0) is 43.0 Å². The number of carbonyl (C=O) groups excluding carboxylic acids is 1. The summed E-state index contributed by atoms with van der Waals surface area (Å²) in [6, 6.07) is 11.9. The fourth-order valence-electron chi connectivity index (χ4n) is 3.33. The van der Waals surface area contributed by atoms with Crippen LogP contribution in [0.5, 0.6) is 0 Å². The second kappa shape index (κ2) is 6.92. The molecule has 0 bridgehead atoms. The summed E-state index contributed by atoms with van der Waals surface area (Å²) in [5.41, 5.74) is 3.18. The lowest BCUT2D eigenvalue weighted by Crippen LogP contribution is -2.45. The summed E-state index contributed by atoms with van der Waals surface area (Å²) >= 11 is 0. The normalized spacial score (nSPS) is 16.7. The Labute approximate surface area is 136 Å². The zero-order chi connectivity index (χ0) is 16.1. The molecule has 2 heterocycles. The summed E-state index contributed by atoms with van der Waals surface area (Å²) in [6.07, 6.45) is 5.13. The highest BCUT2D eigenvalue weighted by atomic mass is 16.5. The topological polar surface area (TPSA) is 51.2 Å². The van der Waals surface area contributed by atoms with Crippen LogP contribution in [0.1, 0.15) is 34.3 Å². The van der Waals surface area contributed by atoms with E-state index in [2.05, 4.69) is 41.5 Å². The monoisotopic (exact) mass is 310 g/mol. The summed E-state index contributed by atoms with van der Waals surface area (Å²) < 4.78 is 5.56. The first-order valence-corrected chi connectivity index (χ1v) is 8.03. The number of rotatable bonds is 4. The quantitative estimate of drug-likeness (QED) is 0.945. The zero-order valence-corrected chi connectivity index (χ0v) is 13.4. The van der Waals surface area contributed by atoms with E-state index in [0.29, 0.717) is 12.1 Å². The molecule has 0 saturated carbocycles. The van der Waals surface area contributed by atoms with Crippen molar-refractivity contribution in [1.82, 2.24) is 10.3 Å². The van der Waals surface area contributed by atoms with Gasteiger partial charge in [0.15, 0.2) is 0 Å². The number of amides is 1. The molecule has 0 unspecified atom stereocenters. The Bertz CT molecular complexity index is 664. The van der Waals surface area contributed by atoms with Gasteiger partial charge < -0.3 is 10.1 Å². The van der Waals surface area contributed by atoms with Crippen molar-refractivity contribution in [2.24, 2.45) is 0 Å². The van der Waals surface area contributed by atoms with Gasteiger partial charge in [0, 0.05) is 43.1 Å². The lowest BCUT2D eigenvalue weighted by atomic mass is 9.72. The summed E-state index contributed by atoms with van der Waals surface area (Å²) in [6.45, 7) is 4.23. The lowest BCUT2D eigenvalue weighted by Gasteiger charge is -2.39. The molecular weight excluding hydrogens is 288 g/mol. The highest BCUT2D eigenvalue weighted by molar-refractivity contribution is 5.94. The Balaban J connectivity index is 1.80. The third kappa shape index (κ3) is 3.42. The molecule has 4 nitrogen and oxygen atoms in total. The molecule has 0 atom stereocenters. The Morgan fingerprint density at radius 3 is 2.57 bits per heavy atom. The minimum Gasteiger partial charge on any atom is -0.381 e. The van der Waals surface area contributed by atoms with Gasteiger partial charge in [0.1, 0.15) is 0 Å². The van der Waals surface area contributed by atoms with Gasteiger partial charge in [-0.1, -0.05) is 24.3 Å². The highest BCUT2D eigenvalue weighted by Crippen LogP contribution is 2.36. The SMILES string of the molecule is Cc1ccccc1C1(CNC(=O)c2ccncc2)CCOCC1. The predicted molar refractivity (Wildman–Crippen MR) is 89.5 cm³/mol. The van der Waals surface area contributed by atoms with Crippen molar-refractivity contribution in [3.05, 3.63) is 65.5 Å². The Kier molecular flexibility index (Phi) is 4.72. The zero-order valence-electron chi connectivity index (χ0n) is 13.4. The van der Waals surface area contributed by atoms with E-state index in [0.717, 1.165) is 26.1 Å². The molecule has 1 aromatic heterocycles. The molecule has 1 saturated heterocycles. The maximum atomic E-state index is 12.4. The number of hydrogen-bond acceptors (Lipinski definition) is 3. The molecule has 1 aromatic carbocycles. The number of nitrogens with one attached hydrogen (secondary N) is 1. The molecule has 3 rings (SSSR count). The summed E-state index contributed by atoms with van der Waals surface area (Å²) in [7, 11) is 0. The van der Waals surface area contributed by atoms with Crippen molar-refractivity contribution in [3.8, 4) is 0 Å². The second-order valence-corrected chi connectivity index (χ2v) is 6.13. The predicted octanol–water partition coefficient (Wildman–Crippen LogP) is 2.87. The van der Waals surface area contributed by atoms with Gasteiger partial charge in [-0.15, -0.1) is 0 Å². The maximum Gasteiger partial charge on any atom is 0.251 e. The molecular formula is C19H22N2O2. The molecule has 1 aliphatic heterocycles. The first-order chi connectivity index (χ1) is 11.2. The molecule has 0 spiro atoms. The van der Waals surface area contributed by atoms with Gasteiger partial charge in [0.2, 0.25) is 0 Å². The highest BCUT2D eigenvalue weighted by Gasteiger charge is 2.35. The number of aromatic nitrogens is 1. The van der Waals surface area contributed by atoms with Crippen molar-refractivity contribution in [2.45, 2.75) is 25.2 Å². The average Bonchev–Trinajstić information content (AvgIpc) is 2.61. The minimum absolute atomic E-state index is 0.0492. The van der Waals surface area contributed by atoms with Crippen molar-refractivity contribution in [2.75, 3.05) is 19.8 Å². The molecule has 2 aromatic rings. The largest absolute Gasteiger partial charge is 0.381 e. The first-order valence-electron chi connectivity index (χ1n) is 8.03. The molecule has 1 amide bonds. The van der Waals surface area contributed by atoms with Crippen LogP contribution in [0.25, 0.3) is 0 Å². The standard InChI is InChI=1S/C19H22N2O2/c1-15-4-2-3-5-17(15)19(8-12-23-13-9-19)14-21-18(22)16-6-10-20-11-7-16/h2-7,10-11H,8-9,12-14H2,1H3,(H,21,22). The van der Waals surface area contributed by atoms with E-state index in [1.54, 1.807) is 24.5 Å². The molecule has 1 fully saturated rings. The van der Waals surface area contributed by atoms with Crippen molar-refractivity contribution in [3.63, 3.8) is 0 Å². The van der Waals surface area contributed by atoms with Gasteiger partial charge in [-0.25, -0.2) is 0 Å². The van der Waals surface area contributed by atoms with Crippen LogP contribution >= 0.6 is 0 Å². The Morgan fingerprint density at radius 1 is 1.17 bits per heavy atom. The molecule has 23 heavy (non-hydrogen) atoms. The number of carbonyl (C=O) groups is 1. The number of benzene rings is 1. The smallest absolute Gasteiger partial charge is 0.251 e. The van der Waals surface area contributed by atoms with E-state index in [4.69, 9.17) is 4.74 Å². The second-order valence-electron chi connectivity index (χ2n) is 6.13. The van der Waals surface area contributed by atoms with Crippen LogP contribution < -0.4 is 5.32 Å². The van der Waals surface area contributed by atoms with Crippen LogP contribution in [0.3, 0.4) is 0 Å². The first kappa shape index (κ1) is 15.7. The molecule has 0 radical (unpaired) electrons. The summed E-state index contributed by atoms with van der Waals surface area (Å²) in [4.78, 5) is 16.3. The van der Waals surface area contributed by atoms with E-state index in [1.807, 2.05) is 0 Å². The Morgan fingerprint density at radius 2 is 1.87 bits per heavy atom. The van der Waals surface area contributed by atoms with E-state index in [9.17, 15) is 4.79 Å². The molecule has 1 aliphatic rings.